The third-order valence-corrected chi connectivity index (χ3v) is 5.92. The van der Waals surface area contributed by atoms with Crippen molar-refractivity contribution in [3.05, 3.63) is 0 Å². The molecule has 1 unspecified atom stereocenters. The van der Waals surface area contributed by atoms with Gasteiger partial charge in [-0.05, 0) is 43.4 Å². The number of rotatable bonds is 2. The Hall–Kier alpha value is -1.06. The van der Waals surface area contributed by atoms with Crippen LogP contribution in [-0.2, 0) is 4.79 Å². The Labute approximate surface area is 121 Å². The van der Waals surface area contributed by atoms with E-state index in [2.05, 4.69) is 0 Å². The van der Waals surface area contributed by atoms with Crippen LogP contribution in [-0.4, -0.2) is 49.3 Å². The molecule has 2 amide bonds. The van der Waals surface area contributed by atoms with Crippen molar-refractivity contribution in [2.45, 2.75) is 38.5 Å². The molecule has 1 aliphatic heterocycles. The molecule has 2 saturated carbocycles. The minimum atomic E-state index is -0.0565. The Morgan fingerprint density at radius 2 is 1.70 bits per heavy atom. The van der Waals surface area contributed by atoms with Gasteiger partial charge in [0, 0.05) is 32.6 Å². The second-order valence-corrected chi connectivity index (χ2v) is 7.34. The van der Waals surface area contributed by atoms with E-state index < -0.39 is 0 Å². The molecule has 0 aromatic rings. The predicted molar refractivity (Wildman–Crippen MR) is 77.3 cm³/mol. The molecule has 1 heterocycles. The van der Waals surface area contributed by atoms with Crippen molar-refractivity contribution in [2.24, 2.45) is 23.2 Å². The van der Waals surface area contributed by atoms with E-state index in [9.17, 15) is 9.59 Å². The summed E-state index contributed by atoms with van der Waals surface area (Å²) in [5.74, 6) is 1.71. The summed E-state index contributed by atoms with van der Waals surface area (Å²) < 4.78 is 0. The molecule has 112 valence electrons. The molecule has 0 aromatic carbocycles. The summed E-state index contributed by atoms with van der Waals surface area (Å²) >= 11 is 0. The van der Waals surface area contributed by atoms with Crippen LogP contribution >= 0.6 is 0 Å². The van der Waals surface area contributed by atoms with E-state index in [4.69, 9.17) is 0 Å². The fraction of sp³-hybridized carbons (Fsp3) is 0.875. The average Bonchev–Trinajstić information content (AvgIpc) is 3.11. The van der Waals surface area contributed by atoms with Gasteiger partial charge in [-0.25, -0.2) is 4.79 Å². The smallest absolute Gasteiger partial charge is 0.319 e. The number of hydrogen-bond donors (Lipinski definition) is 0. The second kappa shape index (κ2) is 5.05. The Balaban J connectivity index is 1.68. The van der Waals surface area contributed by atoms with Crippen molar-refractivity contribution in [3.63, 3.8) is 0 Å². The highest BCUT2D eigenvalue weighted by Gasteiger charge is 2.53. The first-order valence-electron chi connectivity index (χ1n) is 7.98. The van der Waals surface area contributed by atoms with Crippen LogP contribution in [0.25, 0.3) is 0 Å². The van der Waals surface area contributed by atoms with E-state index >= 15 is 0 Å². The molecule has 3 rings (SSSR count). The highest BCUT2D eigenvalue weighted by atomic mass is 16.2. The van der Waals surface area contributed by atoms with Gasteiger partial charge in [0.1, 0.15) is 6.29 Å². The molecule has 1 saturated heterocycles. The summed E-state index contributed by atoms with van der Waals surface area (Å²) in [4.78, 5) is 27.5. The minimum absolute atomic E-state index is 0.0565. The molecule has 4 nitrogen and oxygen atoms in total. The summed E-state index contributed by atoms with van der Waals surface area (Å²) in [6, 6.07) is 0.122. The first-order chi connectivity index (χ1) is 9.55. The van der Waals surface area contributed by atoms with Gasteiger partial charge in [-0.1, -0.05) is 12.8 Å². The highest BCUT2D eigenvalue weighted by Crippen LogP contribution is 2.55. The van der Waals surface area contributed by atoms with E-state index in [1.54, 1.807) is 4.90 Å². The Bertz CT molecular complexity index is 387. The van der Waals surface area contributed by atoms with E-state index in [-0.39, 0.29) is 11.4 Å². The fourth-order valence-electron chi connectivity index (χ4n) is 4.93. The van der Waals surface area contributed by atoms with Crippen molar-refractivity contribution >= 4 is 12.3 Å². The molecule has 3 fully saturated rings. The number of urea groups is 1. The van der Waals surface area contributed by atoms with Crippen molar-refractivity contribution < 1.29 is 9.59 Å². The normalized spacial score (nSPS) is 37.2. The molecule has 0 N–H and O–H groups in total. The fourth-order valence-corrected chi connectivity index (χ4v) is 4.93. The van der Waals surface area contributed by atoms with Crippen molar-refractivity contribution in [1.29, 1.82) is 0 Å². The zero-order valence-electron chi connectivity index (χ0n) is 12.7. The number of likely N-dealkylation sites (tertiary alicyclic amines) is 1. The Kier molecular flexibility index (Phi) is 3.51. The summed E-state index contributed by atoms with van der Waals surface area (Å²) in [6.07, 6.45) is 8.37. The quantitative estimate of drug-likeness (QED) is 0.728. The van der Waals surface area contributed by atoms with Crippen LogP contribution in [0.4, 0.5) is 4.79 Å². The number of carbonyl (C=O) groups is 2. The van der Waals surface area contributed by atoms with Gasteiger partial charge in [0.25, 0.3) is 0 Å². The van der Waals surface area contributed by atoms with Crippen LogP contribution in [0.3, 0.4) is 0 Å². The van der Waals surface area contributed by atoms with Gasteiger partial charge in [-0.15, -0.1) is 0 Å². The lowest BCUT2D eigenvalue weighted by molar-refractivity contribution is -0.119. The van der Waals surface area contributed by atoms with Crippen molar-refractivity contribution in [1.82, 2.24) is 9.80 Å². The monoisotopic (exact) mass is 278 g/mol. The molecule has 20 heavy (non-hydrogen) atoms. The lowest BCUT2D eigenvalue weighted by atomic mass is 9.73. The molecule has 3 atom stereocenters. The summed E-state index contributed by atoms with van der Waals surface area (Å²) in [6.45, 7) is 1.70. The average molecular weight is 278 g/mol. The maximum Gasteiger partial charge on any atom is 0.319 e. The zero-order chi connectivity index (χ0) is 14.3. The summed E-state index contributed by atoms with van der Waals surface area (Å²) in [5, 5.41) is 0. The van der Waals surface area contributed by atoms with Gasteiger partial charge in [0.15, 0.2) is 0 Å². The molecular formula is C16H26N2O2. The lowest BCUT2D eigenvalue weighted by Crippen LogP contribution is -2.39. The van der Waals surface area contributed by atoms with E-state index in [0.29, 0.717) is 17.8 Å². The van der Waals surface area contributed by atoms with Crippen LogP contribution in [0.1, 0.15) is 38.5 Å². The molecule has 2 aliphatic carbocycles. The molecule has 3 aliphatic rings. The van der Waals surface area contributed by atoms with Crippen LogP contribution in [0, 0.1) is 23.2 Å². The number of carbonyl (C=O) groups excluding carboxylic acids is 2. The van der Waals surface area contributed by atoms with Crippen molar-refractivity contribution in [3.8, 4) is 0 Å². The van der Waals surface area contributed by atoms with Gasteiger partial charge in [-0.2, -0.15) is 0 Å². The number of nitrogens with zero attached hydrogens (tertiary/aromatic N) is 2. The first-order valence-corrected chi connectivity index (χ1v) is 7.98. The first kappa shape index (κ1) is 13.9. The van der Waals surface area contributed by atoms with Crippen LogP contribution in [0.15, 0.2) is 0 Å². The standard InChI is InChI=1S/C16H26N2O2/c1-17(2)15(20)18-9-12-7-16(11-19,8-13(12)10-18)14-5-3-4-6-14/h11-14H,3-10H2,1-2H3/t12-,13+,16?. The van der Waals surface area contributed by atoms with Crippen LogP contribution < -0.4 is 0 Å². The Morgan fingerprint density at radius 3 is 2.15 bits per heavy atom. The molecule has 0 spiro atoms. The van der Waals surface area contributed by atoms with E-state index in [1.165, 1.54) is 32.0 Å². The van der Waals surface area contributed by atoms with Gasteiger partial charge >= 0.3 is 6.03 Å². The molecule has 0 aromatic heterocycles. The SMILES string of the molecule is CN(C)C(=O)N1C[C@@H]2CC(C=O)(C3CCCC3)C[C@@H]2C1. The van der Waals surface area contributed by atoms with Crippen LogP contribution in [0.2, 0.25) is 0 Å². The molecule has 0 radical (unpaired) electrons. The topological polar surface area (TPSA) is 40.6 Å². The number of aldehydes is 1. The molecule has 0 bridgehead atoms. The second-order valence-electron chi connectivity index (χ2n) is 7.34. The zero-order valence-corrected chi connectivity index (χ0v) is 12.7. The van der Waals surface area contributed by atoms with E-state index in [0.717, 1.165) is 25.9 Å². The maximum atomic E-state index is 12.0. The predicted octanol–water partition coefficient (Wildman–Crippen LogP) is 2.39. The number of amides is 2. The lowest BCUT2D eigenvalue weighted by Gasteiger charge is -2.32. The third-order valence-electron chi connectivity index (χ3n) is 5.92. The largest absolute Gasteiger partial charge is 0.331 e. The van der Waals surface area contributed by atoms with Gasteiger partial charge in [0.05, 0.1) is 0 Å². The van der Waals surface area contributed by atoms with Crippen molar-refractivity contribution in [2.75, 3.05) is 27.2 Å². The summed E-state index contributed by atoms with van der Waals surface area (Å²) in [7, 11) is 3.62. The van der Waals surface area contributed by atoms with Gasteiger partial charge < -0.3 is 14.6 Å². The molecule has 4 heteroatoms. The summed E-state index contributed by atoms with van der Waals surface area (Å²) in [5.41, 5.74) is -0.0565. The third kappa shape index (κ3) is 2.13. The number of hydrogen-bond acceptors (Lipinski definition) is 2. The van der Waals surface area contributed by atoms with Gasteiger partial charge in [0.2, 0.25) is 0 Å². The number of fused-ring (bicyclic) bond motifs is 1. The van der Waals surface area contributed by atoms with Gasteiger partial charge in [-0.3, -0.25) is 0 Å². The van der Waals surface area contributed by atoms with E-state index in [1.807, 2.05) is 19.0 Å². The minimum Gasteiger partial charge on any atom is -0.331 e. The van der Waals surface area contributed by atoms with Crippen LogP contribution in [0.5, 0.6) is 0 Å². The molecular weight excluding hydrogens is 252 g/mol. The Morgan fingerprint density at radius 1 is 1.15 bits per heavy atom. The highest BCUT2D eigenvalue weighted by molar-refractivity contribution is 5.74. The maximum absolute atomic E-state index is 12.0.